The van der Waals surface area contributed by atoms with Crippen molar-refractivity contribution in [2.45, 2.75) is 26.8 Å². The summed E-state index contributed by atoms with van der Waals surface area (Å²) in [5.74, 6) is -0.165. The van der Waals surface area contributed by atoms with Gasteiger partial charge in [0.25, 0.3) is 5.91 Å². The third-order valence-electron chi connectivity index (χ3n) is 5.52. The van der Waals surface area contributed by atoms with E-state index in [0.29, 0.717) is 18.7 Å². The predicted octanol–water partition coefficient (Wildman–Crippen LogP) is 5.39. The number of hydrogen-bond donors (Lipinski definition) is 1. The minimum absolute atomic E-state index is 0.00427. The highest BCUT2D eigenvalue weighted by atomic mass is 16.2. The Morgan fingerprint density at radius 1 is 0.903 bits per heavy atom. The average Bonchev–Trinajstić information content (AvgIpc) is 2.77. The summed E-state index contributed by atoms with van der Waals surface area (Å²) in [6.07, 6.45) is 0.910. The second-order valence-corrected chi connectivity index (χ2v) is 8.07. The molecule has 0 unspecified atom stereocenters. The Morgan fingerprint density at radius 3 is 2.35 bits per heavy atom. The van der Waals surface area contributed by atoms with Gasteiger partial charge in [0.1, 0.15) is 0 Å². The first-order valence-corrected chi connectivity index (χ1v) is 10.6. The van der Waals surface area contributed by atoms with Gasteiger partial charge in [-0.2, -0.15) is 0 Å². The molecular weight excluding hydrogens is 386 g/mol. The lowest BCUT2D eigenvalue weighted by atomic mass is 10.1. The van der Waals surface area contributed by atoms with Crippen LogP contribution in [0.25, 0.3) is 0 Å². The Hall–Kier alpha value is -3.60. The van der Waals surface area contributed by atoms with Crippen LogP contribution in [0.15, 0.2) is 72.8 Å². The molecule has 1 heterocycles. The van der Waals surface area contributed by atoms with Crippen LogP contribution in [-0.4, -0.2) is 29.9 Å². The number of rotatable bonds is 5. The molecule has 1 aliphatic heterocycles. The largest absolute Gasteiger partial charge is 0.324 e. The van der Waals surface area contributed by atoms with E-state index in [1.165, 1.54) is 5.56 Å². The van der Waals surface area contributed by atoms with Crippen molar-refractivity contribution in [1.82, 2.24) is 4.90 Å². The number of urea groups is 1. The van der Waals surface area contributed by atoms with E-state index in [-0.39, 0.29) is 11.9 Å². The van der Waals surface area contributed by atoms with Gasteiger partial charge < -0.3 is 10.2 Å². The summed E-state index contributed by atoms with van der Waals surface area (Å²) in [6, 6.07) is 23.2. The van der Waals surface area contributed by atoms with Crippen molar-refractivity contribution in [2.24, 2.45) is 0 Å². The Balaban J connectivity index is 1.43. The number of nitrogens with one attached hydrogen (secondary N) is 1. The van der Waals surface area contributed by atoms with Crippen molar-refractivity contribution in [2.75, 3.05) is 23.3 Å². The molecule has 1 N–H and O–H groups in total. The number of amides is 3. The van der Waals surface area contributed by atoms with Crippen molar-refractivity contribution in [3.05, 3.63) is 95.1 Å². The van der Waals surface area contributed by atoms with E-state index < -0.39 is 0 Å². The van der Waals surface area contributed by atoms with E-state index in [0.717, 1.165) is 35.5 Å². The first-order valence-electron chi connectivity index (χ1n) is 10.6. The van der Waals surface area contributed by atoms with Gasteiger partial charge in [-0.05, 0) is 62.2 Å². The molecule has 0 saturated carbocycles. The quantitative estimate of drug-likeness (QED) is 0.610. The maximum Gasteiger partial charge on any atom is 0.324 e. The first-order chi connectivity index (χ1) is 15.0. The Kier molecular flexibility index (Phi) is 6.03. The zero-order chi connectivity index (χ0) is 21.8. The fourth-order valence-corrected chi connectivity index (χ4v) is 3.83. The molecule has 3 amide bonds. The van der Waals surface area contributed by atoms with Crippen LogP contribution in [-0.2, 0) is 6.54 Å². The van der Waals surface area contributed by atoms with Crippen LogP contribution in [0.4, 0.5) is 16.2 Å². The van der Waals surface area contributed by atoms with Crippen LogP contribution < -0.4 is 10.2 Å². The highest BCUT2D eigenvalue weighted by molar-refractivity contribution is 6.04. The molecular formula is C26H27N3O2. The van der Waals surface area contributed by atoms with Crippen LogP contribution >= 0.6 is 0 Å². The second-order valence-electron chi connectivity index (χ2n) is 8.07. The molecule has 4 rings (SSSR count). The summed E-state index contributed by atoms with van der Waals surface area (Å²) >= 11 is 0. The van der Waals surface area contributed by atoms with Gasteiger partial charge in [0.2, 0.25) is 0 Å². The maximum absolute atomic E-state index is 13.1. The fourth-order valence-electron chi connectivity index (χ4n) is 3.83. The molecule has 0 bridgehead atoms. The van der Waals surface area contributed by atoms with E-state index in [4.69, 9.17) is 0 Å². The van der Waals surface area contributed by atoms with Gasteiger partial charge in [-0.3, -0.25) is 9.69 Å². The lowest BCUT2D eigenvalue weighted by molar-refractivity contribution is 0.102. The van der Waals surface area contributed by atoms with Gasteiger partial charge in [-0.15, -0.1) is 0 Å². The summed E-state index contributed by atoms with van der Waals surface area (Å²) in [5.41, 5.74) is 5.61. The topological polar surface area (TPSA) is 52.7 Å². The number of nitrogens with zero attached hydrogens (tertiary/aromatic N) is 2. The van der Waals surface area contributed by atoms with Crippen molar-refractivity contribution >= 4 is 23.3 Å². The van der Waals surface area contributed by atoms with Gasteiger partial charge in [0.15, 0.2) is 0 Å². The average molecular weight is 414 g/mol. The smallest absolute Gasteiger partial charge is 0.322 e. The maximum atomic E-state index is 13.1. The molecule has 158 valence electrons. The molecule has 0 atom stereocenters. The minimum atomic E-state index is -0.165. The monoisotopic (exact) mass is 413 g/mol. The molecule has 31 heavy (non-hydrogen) atoms. The molecule has 3 aromatic rings. The summed E-state index contributed by atoms with van der Waals surface area (Å²) in [7, 11) is 0. The van der Waals surface area contributed by atoms with Gasteiger partial charge in [0, 0.05) is 36.6 Å². The SMILES string of the molecule is Cc1ccc(NC(=O)c2ccc(N3CCCN(Cc4cccc(C)c4)C3=O)cc2)cc1. The van der Waals surface area contributed by atoms with E-state index in [2.05, 4.69) is 30.4 Å². The van der Waals surface area contributed by atoms with Crippen molar-refractivity contribution in [3.63, 3.8) is 0 Å². The number of aryl methyl sites for hydroxylation is 2. The highest BCUT2D eigenvalue weighted by Crippen LogP contribution is 2.23. The number of carbonyl (C=O) groups excluding carboxylic acids is 2. The van der Waals surface area contributed by atoms with Crippen LogP contribution in [0.2, 0.25) is 0 Å². The lowest BCUT2D eigenvalue weighted by Gasteiger charge is -2.35. The van der Waals surface area contributed by atoms with Gasteiger partial charge in [0.05, 0.1) is 0 Å². The molecule has 1 aliphatic rings. The standard InChI is InChI=1S/C26H27N3O2/c1-19-7-11-23(12-8-19)27-25(30)22-9-13-24(14-10-22)29-16-4-15-28(26(29)31)18-21-6-3-5-20(2)17-21/h3,5-14,17H,4,15-16,18H2,1-2H3,(H,27,30). The minimum Gasteiger partial charge on any atom is -0.322 e. The van der Waals surface area contributed by atoms with E-state index in [9.17, 15) is 9.59 Å². The Morgan fingerprint density at radius 2 is 1.65 bits per heavy atom. The molecule has 0 aliphatic carbocycles. The van der Waals surface area contributed by atoms with E-state index in [1.54, 1.807) is 17.0 Å². The van der Waals surface area contributed by atoms with Crippen LogP contribution in [0.3, 0.4) is 0 Å². The summed E-state index contributed by atoms with van der Waals surface area (Å²) < 4.78 is 0. The zero-order valence-electron chi connectivity index (χ0n) is 18.0. The fraction of sp³-hybridized carbons (Fsp3) is 0.231. The number of benzene rings is 3. The van der Waals surface area contributed by atoms with E-state index in [1.807, 2.05) is 54.3 Å². The lowest BCUT2D eigenvalue weighted by Crippen LogP contribution is -2.49. The van der Waals surface area contributed by atoms with Crippen molar-refractivity contribution in [1.29, 1.82) is 0 Å². The molecule has 0 spiro atoms. The third-order valence-corrected chi connectivity index (χ3v) is 5.52. The van der Waals surface area contributed by atoms with Gasteiger partial charge in [-0.25, -0.2) is 4.79 Å². The van der Waals surface area contributed by atoms with Crippen LogP contribution in [0.1, 0.15) is 33.5 Å². The molecule has 5 nitrogen and oxygen atoms in total. The molecule has 1 fully saturated rings. The molecule has 1 saturated heterocycles. The number of carbonyl (C=O) groups is 2. The second kappa shape index (κ2) is 9.04. The van der Waals surface area contributed by atoms with Crippen molar-refractivity contribution in [3.8, 4) is 0 Å². The van der Waals surface area contributed by atoms with Crippen LogP contribution in [0.5, 0.6) is 0 Å². The molecule has 0 radical (unpaired) electrons. The Labute approximate surface area is 183 Å². The summed E-state index contributed by atoms with van der Waals surface area (Å²) in [4.78, 5) is 29.3. The molecule has 0 aromatic heterocycles. The van der Waals surface area contributed by atoms with Gasteiger partial charge >= 0.3 is 6.03 Å². The molecule has 3 aromatic carbocycles. The Bertz CT molecular complexity index is 1070. The van der Waals surface area contributed by atoms with Crippen LogP contribution in [0, 0.1) is 13.8 Å². The number of anilines is 2. The highest BCUT2D eigenvalue weighted by Gasteiger charge is 2.27. The molecule has 5 heteroatoms. The van der Waals surface area contributed by atoms with Gasteiger partial charge in [-0.1, -0.05) is 47.5 Å². The summed E-state index contributed by atoms with van der Waals surface area (Å²) in [5, 5.41) is 2.90. The zero-order valence-corrected chi connectivity index (χ0v) is 18.0. The third kappa shape index (κ3) is 4.94. The summed E-state index contributed by atoms with van der Waals surface area (Å²) in [6.45, 7) is 6.10. The van der Waals surface area contributed by atoms with E-state index >= 15 is 0 Å². The normalized spacial score (nSPS) is 13.9. The number of hydrogen-bond acceptors (Lipinski definition) is 2. The first kappa shape index (κ1) is 20.7. The predicted molar refractivity (Wildman–Crippen MR) is 125 cm³/mol. The van der Waals surface area contributed by atoms with Crippen molar-refractivity contribution < 1.29 is 9.59 Å².